The van der Waals surface area contributed by atoms with E-state index in [1.54, 1.807) is 0 Å². The van der Waals surface area contributed by atoms with Crippen LogP contribution in [0.25, 0.3) is 0 Å². The van der Waals surface area contributed by atoms with Gasteiger partial charge in [0.05, 0.1) is 12.7 Å². The molecule has 0 saturated carbocycles. The predicted molar refractivity (Wildman–Crippen MR) is 60.0 cm³/mol. The monoisotopic (exact) mass is 204 g/mol. The van der Waals surface area contributed by atoms with Crippen molar-refractivity contribution in [1.29, 1.82) is 0 Å². The van der Waals surface area contributed by atoms with Crippen molar-refractivity contribution in [2.75, 3.05) is 26.7 Å². The van der Waals surface area contributed by atoms with Gasteiger partial charge in [-0.15, -0.1) is 0 Å². The zero-order valence-electron chi connectivity index (χ0n) is 8.96. The Hall–Kier alpha value is -0.350. The molecule has 78 valence electrons. The van der Waals surface area contributed by atoms with Crippen LogP contribution in [0.4, 0.5) is 0 Å². The van der Waals surface area contributed by atoms with Crippen molar-refractivity contribution < 1.29 is 4.74 Å². The summed E-state index contributed by atoms with van der Waals surface area (Å²) < 4.78 is 5.41. The zero-order valence-corrected chi connectivity index (χ0v) is 9.78. The number of thiocarbonyl (C=S) groups is 1. The maximum absolute atomic E-state index is 5.41. The Morgan fingerprint density at radius 3 is 2.62 bits per heavy atom. The van der Waals surface area contributed by atoms with Crippen molar-refractivity contribution in [2.24, 2.45) is 0 Å². The fourth-order valence-corrected chi connectivity index (χ4v) is 1.05. The van der Waals surface area contributed by atoms with E-state index < -0.39 is 0 Å². The second kappa shape index (κ2) is 7.09. The molecular formula is C9H20N2OS. The molecule has 3 nitrogen and oxygen atoms in total. The quantitative estimate of drug-likeness (QED) is 0.681. The normalized spacial score (nSPS) is 10.2. The minimum absolute atomic E-state index is 0.293. The van der Waals surface area contributed by atoms with Crippen LogP contribution in [0.15, 0.2) is 0 Å². The van der Waals surface area contributed by atoms with Gasteiger partial charge in [-0.25, -0.2) is 0 Å². The molecule has 0 aromatic rings. The maximum Gasteiger partial charge on any atom is 0.168 e. The zero-order chi connectivity index (χ0) is 10.3. The Balaban J connectivity index is 3.49. The molecule has 0 aliphatic heterocycles. The first-order valence-electron chi connectivity index (χ1n) is 4.68. The van der Waals surface area contributed by atoms with Crippen molar-refractivity contribution in [2.45, 2.75) is 26.9 Å². The van der Waals surface area contributed by atoms with Crippen LogP contribution in [0.5, 0.6) is 0 Å². The number of nitrogens with zero attached hydrogens (tertiary/aromatic N) is 1. The summed E-state index contributed by atoms with van der Waals surface area (Å²) in [6.45, 7) is 8.52. The number of ether oxygens (including phenoxy) is 1. The molecule has 0 spiro atoms. The van der Waals surface area contributed by atoms with Gasteiger partial charge in [0.15, 0.2) is 5.11 Å². The Morgan fingerprint density at radius 2 is 2.15 bits per heavy atom. The second-order valence-corrected chi connectivity index (χ2v) is 3.56. The van der Waals surface area contributed by atoms with Crippen LogP contribution in [0, 0.1) is 0 Å². The Kier molecular flexibility index (Phi) is 6.90. The summed E-state index contributed by atoms with van der Waals surface area (Å²) in [7, 11) is 1.97. The summed E-state index contributed by atoms with van der Waals surface area (Å²) in [6.07, 6.45) is 0.293. The van der Waals surface area contributed by atoms with Crippen molar-refractivity contribution in [3.05, 3.63) is 0 Å². The molecule has 1 N–H and O–H groups in total. The van der Waals surface area contributed by atoms with E-state index in [2.05, 4.69) is 5.32 Å². The van der Waals surface area contributed by atoms with Crippen molar-refractivity contribution in [3.8, 4) is 0 Å². The SMILES string of the molecule is CCNC(=S)N(C)CCOC(C)C. The number of nitrogens with one attached hydrogen (secondary N) is 1. The lowest BCUT2D eigenvalue weighted by Crippen LogP contribution is -2.38. The highest BCUT2D eigenvalue weighted by Gasteiger charge is 2.02. The van der Waals surface area contributed by atoms with E-state index in [-0.39, 0.29) is 0 Å². The van der Waals surface area contributed by atoms with Gasteiger partial charge in [-0.3, -0.25) is 0 Å². The minimum atomic E-state index is 0.293. The summed E-state index contributed by atoms with van der Waals surface area (Å²) in [5, 5.41) is 3.87. The van der Waals surface area contributed by atoms with Crippen LogP contribution in [0.3, 0.4) is 0 Å². The average Bonchev–Trinajstić information content (AvgIpc) is 2.04. The van der Waals surface area contributed by atoms with Crippen molar-refractivity contribution >= 4 is 17.3 Å². The largest absolute Gasteiger partial charge is 0.377 e. The van der Waals surface area contributed by atoms with Gasteiger partial charge in [0.2, 0.25) is 0 Å². The van der Waals surface area contributed by atoms with Gasteiger partial charge in [-0.2, -0.15) is 0 Å². The highest BCUT2D eigenvalue weighted by molar-refractivity contribution is 7.80. The highest BCUT2D eigenvalue weighted by atomic mass is 32.1. The van der Waals surface area contributed by atoms with E-state index in [9.17, 15) is 0 Å². The Labute approximate surface area is 86.4 Å². The Morgan fingerprint density at radius 1 is 1.54 bits per heavy atom. The van der Waals surface area contributed by atoms with Gasteiger partial charge < -0.3 is 15.0 Å². The smallest absolute Gasteiger partial charge is 0.168 e. The first-order chi connectivity index (χ1) is 6.07. The summed E-state index contributed by atoms with van der Waals surface area (Å²) in [5.74, 6) is 0. The number of hydrogen-bond acceptors (Lipinski definition) is 2. The number of likely N-dealkylation sites (N-methyl/N-ethyl adjacent to an activating group) is 1. The lowest BCUT2D eigenvalue weighted by atomic mass is 10.5. The third-order valence-corrected chi connectivity index (χ3v) is 2.01. The molecule has 0 unspecified atom stereocenters. The van der Waals surface area contributed by atoms with Gasteiger partial charge in [0.25, 0.3) is 0 Å². The predicted octanol–water partition coefficient (Wildman–Crippen LogP) is 1.24. The maximum atomic E-state index is 5.41. The minimum Gasteiger partial charge on any atom is -0.377 e. The van der Waals surface area contributed by atoms with E-state index in [1.807, 2.05) is 32.7 Å². The van der Waals surface area contributed by atoms with Crippen LogP contribution in [-0.2, 0) is 4.74 Å². The van der Waals surface area contributed by atoms with E-state index >= 15 is 0 Å². The topological polar surface area (TPSA) is 24.5 Å². The molecule has 0 aliphatic rings. The van der Waals surface area contributed by atoms with Crippen LogP contribution < -0.4 is 5.32 Å². The lowest BCUT2D eigenvalue weighted by Gasteiger charge is -2.20. The summed E-state index contributed by atoms with van der Waals surface area (Å²) in [5.41, 5.74) is 0. The van der Waals surface area contributed by atoms with Crippen LogP contribution in [0.2, 0.25) is 0 Å². The molecule has 0 heterocycles. The Bertz CT molecular complexity index is 151. The first-order valence-corrected chi connectivity index (χ1v) is 5.09. The van der Waals surface area contributed by atoms with Gasteiger partial charge in [0.1, 0.15) is 0 Å². The molecule has 0 saturated heterocycles. The molecule has 0 aromatic carbocycles. The van der Waals surface area contributed by atoms with Crippen molar-refractivity contribution in [1.82, 2.24) is 10.2 Å². The lowest BCUT2D eigenvalue weighted by molar-refractivity contribution is 0.0724. The van der Waals surface area contributed by atoms with Gasteiger partial charge in [-0.05, 0) is 33.0 Å². The fraction of sp³-hybridized carbons (Fsp3) is 0.889. The van der Waals surface area contributed by atoms with Gasteiger partial charge in [-0.1, -0.05) is 0 Å². The number of rotatable bonds is 5. The molecule has 0 radical (unpaired) electrons. The van der Waals surface area contributed by atoms with E-state index in [0.717, 1.165) is 24.8 Å². The van der Waals surface area contributed by atoms with Crippen LogP contribution >= 0.6 is 12.2 Å². The van der Waals surface area contributed by atoms with Gasteiger partial charge in [0, 0.05) is 20.1 Å². The van der Waals surface area contributed by atoms with E-state index in [4.69, 9.17) is 17.0 Å². The standard InChI is InChI=1S/C9H20N2OS/c1-5-10-9(13)11(4)6-7-12-8(2)3/h8H,5-7H2,1-4H3,(H,10,13). The molecular weight excluding hydrogens is 184 g/mol. The fourth-order valence-electron chi connectivity index (χ4n) is 0.813. The molecule has 0 bridgehead atoms. The molecule has 0 rings (SSSR count). The molecule has 0 aromatic heterocycles. The molecule has 13 heavy (non-hydrogen) atoms. The average molecular weight is 204 g/mol. The summed E-state index contributed by atoms with van der Waals surface area (Å²) in [6, 6.07) is 0. The summed E-state index contributed by atoms with van der Waals surface area (Å²) in [4.78, 5) is 1.99. The first kappa shape index (κ1) is 12.7. The molecule has 0 aliphatic carbocycles. The third kappa shape index (κ3) is 6.78. The second-order valence-electron chi connectivity index (χ2n) is 3.18. The third-order valence-electron chi connectivity index (χ3n) is 1.55. The van der Waals surface area contributed by atoms with Crippen LogP contribution in [0.1, 0.15) is 20.8 Å². The molecule has 0 atom stereocenters. The molecule has 4 heteroatoms. The number of hydrogen-bond donors (Lipinski definition) is 1. The summed E-state index contributed by atoms with van der Waals surface area (Å²) >= 11 is 5.11. The van der Waals surface area contributed by atoms with E-state index in [0.29, 0.717) is 6.10 Å². The van der Waals surface area contributed by atoms with E-state index in [1.165, 1.54) is 0 Å². The highest BCUT2D eigenvalue weighted by Crippen LogP contribution is 1.90. The molecule has 0 amide bonds. The van der Waals surface area contributed by atoms with Crippen LogP contribution in [-0.4, -0.2) is 42.9 Å². The van der Waals surface area contributed by atoms with Gasteiger partial charge >= 0.3 is 0 Å². The molecule has 0 fully saturated rings. The van der Waals surface area contributed by atoms with Crippen molar-refractivity contribution in [3.63, 3.8) is 0 Å².